The predicted octanol–water partition coefficient (Wildman–Crippen LogP) is -0.554. The number of hydrogen-bond acceptors (Lipinski definition) is 4. The van der Waals surface area contributed by atoms with E-state index in [2.05, 4.69) is 5.73 Å². The first kappa shape index (κ1) is 12.2. The lowest BCUT2D eigenvalue weighted by molar-refractivity contribution is -0.385. The van der Waals surface area contributed by atoms with Crippen molar-refractivity contribution in [3.63, 3.8) is 0 Å². The highest BCUT2D eigenvalue weighted by atomic mass is 16.6. The molecule has 2 atom stereocenters. The molecule has 0 spiro atoms. The highest BCUT2D eigenvalue weighted by Gasteiger charge is 2.20. The Hall–Kier alpha value is -1.30. The third-order valence-electron chi connectivity index (χ3n) is 2.51. The van der Waals surface area contributed by atoms with Crippen molar-refractivity contribution in [2.24, 2.45) is 0 Å². The van der Waals surface area contributed by atoms with Crippen LogP contribution in [0.25, 0.3) is 0 Å². The molecule has 0 aliphatic carbocycles. The summed E-state index contributed by atoms with van der Waals surface area (Å²) in [7, 11) is 0. The van der Waals surface area contributed by atoms with Crippen LogP contribution >= 0.6 is 0 Å². The number of para-hydroxylation sites is 2. The Kier molecular flexibility index (Phi) is 4.19. The lowest BCUT2D eigenvalue weighted by atomic mass is 10.2. The van der Waals surface area contributed by atoms with Gasteiger partial charge in [-0.15, -0.1) is 0 Å². The van der Waals surface area contributed by atoms with Crippen molar-refractivity contribution in [1.82, 2.24) is 0 Å². The number of benzene rings is 1. The third kappa shape index (κ3) is 3.33. The fourth-order valence-corrected chi connectivity index (χ4v) is 1.56. The standard InChI is InChI=1S/C12H17NO4/c13-5-9(14)6-15-7-10-8-16-11-3-1-2-4-12(11)17-10/h1-4,9-10,14H,5-8,13H2/p+1/t9-,10+/m0/s1. The van der Waals surface area contributed by atoms with E-state index in [1.54, 1.807) is 0 Å². The lowest BCUT2D eigenvalue weighted by Gasteiger charge is -2.26. The highest BCUT2D eigenvalue weighted by Crippen LogP contribution is 2.30. The lowest BCUT2D eigenvalue weighted by Crippen LogP contribution is -2.56. The van der Waals surface area contributed by atoms with Crippen molar-refractivity contribution in [2.45, 2.75) is 12.2 Å². The Labute approximate surface area is 100 Å². The average Bonchev–Trinajstić information content (AvgIpc) is 2.38. The summed E-state index contributed by atoms with van der Waals surface area (Å²) in [6.07, 6.45) is -0.631. The van der Waals surface area contributed by atoms with Crippen LogP contribution in [0, 0.1) is 0 Å². The van der Waals surface area contributed by atoms with Crippen LogP contribution in [0.15, 0.2) is 24.3 Å². The van der Waals surface area contributed by atoms with Gasteiger partial charge in [0.25, 0.3) is 0 Å². The van der Waals surface area contributed by atoms with Crippen LogP contribution in [0.5, 0.6) is 11.5 Å². The summed E-state index contributed by atoms with van der Waals surface area (Å²) in [6.45, 7) is 1.61. The van der Waals surface area contributed by atoms with Crippen molar-refractivity contribution < 1.29 is 25.1 Å². The normalized spacial score (nSPS) is 20.0. The molecule has 2 rings (SSSR count). The van der Waals surface area contributed by atoms with Crippen molar-refractivity contribution in [2.75, 3.05) is 26.4 Å². The molecule has 0 bridgehead atoms. The van der Waals surface area contributed by atoms with Gasteiger partial charge in [0.2, 0.25) is 0 Å². The first-order valence-corrected chi connectivity index (χ1v) is 5.73. The summed E-state index contributed by atoms with van der Waals surface area (Å²) in [5.41, 5.74) is 3.59. The second kappa shape index (κ2) is 5.86. The van der Waals surface area contributed by atoms with Crippen LogP contribution in [0.1, 0.15) is 0 Å². The monoisotopic (exact) mass is 240 g/mol. The van der Waals surface area contributed by atoms with E-state index < -0.39 is 6.10 Å². The molecule has 0 aromatic heterocycles. The van der Waals surface area contributed by atoms with E-state index >= 15 is 0 Å². The fourth-order valence-electron chi connectivity index (χ4n) is 1.56. The minimum Gasteiger partial charge on any atom is -0.486 e. The first-order valence-electron chi connectivity index (χ1n) is 5.73. The van der Waals surface area contributed by atoms with E-state index in [4.69, 9.17) is 14.2 Å². The second-order valence-corrected chi connectivity index (χ2v) is 3.98. The quantitative estimate of drug-likeness (QED) is 0.724. The smallest absolute Gasteiger partial charge is 0.161 e. The van der Waals surface area contributed by atoms with E-state index in [0.29, 0.717) is 19.8 Å². The molecule has 0 saturated heterocycles. The number of hydrogen-bond donors (Lipinski definition) is 2. The zero-order valence-electron chi connectivity index (χ0n) is 9.67. The first-order chi connectivity index (χ1) is 8.29. The molecule has 94 valence electrons. The maximum absolute atomic E-state index is 9.29. The van der Waals surface area contributed by atoms with Gasteiger partial charge in [0.15, 0.2) is 17.6 Å². The maximum Gasteiger partial charge on any atom is 0.161 e. The molecule has 0 unspecified atom stereocenters. The average molecular weight is 240 g/mol. The molecule has 5 nitrogen and oxygen atoms in total. The number of quaternary nitrogens is 1. The zero-order valence-corrected chi connectivity index (χ0v) is 9.67. The number of aliphatic hydroxyl groups excluding tert-OH is 1. The van der Waals surface area contributed by atoms with Crippen LogP contribution in [0.4, 0.5) is 0 Å². The highest BCUT2D eigenvalue weighted by molar-refractivity contribution is 5.40. The van der Waals surface area contributed by atoms with E-state index in [-0.39, 0.29) is 12.7 Å². The van der Waals surface area contributed by atoms with E-state index in [1.807, 2.05) is 24.3 Å². The molecule has 17 heavy (non-hydrogen) atoms. The van der Waals surface area contributed by atoms with Gasteiger partial charge in [-0.2, -0.15) is 0 Å². The van der Waals surface area contributed by atoms with E-state index in [0.717, 1.165) is 11.5 Å². The van der Waals surface area contributed by atoms with Crippen molar-refractivity contribution in [3.05, 3.63) is 24.3 Å². The minimum atomic E-state index is -0.508. The molecule has 4 N–H and O–H groups in total. The molecule has 1 aromatic rings. The van der Waals surface area contributed by atoms with Crippen molar-refractivity contribution in [1.29, 1.82) is 0 Å². The molecule has 0 amide bonds. The molecule has 1 aliphatic rings. The Morgan fingerprint density at radius 2 is 2.18 bits per heavy atom. The van der Waals surface area contributed by atoms with Crippen LogP contribution in [-0.4, -0.2) is 43.7 Å². The van der Waals surface area contributed by atoms with Gasteiger partial charge in [0.05, 0.1) is 13.2 Å². The Morgan fingerprint density at radius 3 is 2.94 bits per heavy atom. The molecular formula is C12H18NO4+. The second-order valence-electron chi connectivity index (χ2n) is 3.98. The predicted molar refractivity (Wildman–Crippen MR) is 60.9 cm³/mol. The molecule has 0 saturated carbocycles. The van der Waals surface area contributed by atoms with E-state index in [1.165, 1.54) is 0 Å². The van der Waals surface area contributed by atoms with Crippen LogP contribution in [0.3, 0.4) is 0 Å². The van der Waals surface area contributed by atoms with Gasteiger partial charge in [0, 0.05) is 0 Å². The molecule has 1 aliphatic heterocycles. The van der Waals surface area contributed by atoms with Gasteiger partial charge in [-0.3, -0.25) is 0 Å². The minimum absolute atomic E-state index is 0.123. The summed E-state index contributed by atoms with van der Waals surface area (Å²) >= 11 is 0. The molecule has 1 heterocycles. The van der Waals surface area contributed by atoms with Gasteiger partial charge in [-0.05, 0) is 12.1 Å². The molecule has 1 aromatic carbocycles. The van der Waals surface area contributed by atoms with Crippen LogP contribution < -0.4 is 15.2 Å². The number of rotatable bonds is 5. The van der Waals surface area contributed by atoms with Crippen LogP contribution in [0.2, 0.25) is 0 Å². The number of fused-ring (bicyclic) bond motifs is 1. The van der Waals surface area contributed by atoms with Crippen LogP contribution in [-0.2, 0) is 4.74 Å². The third-order valence-corrected chi connectivity index (χ3v) is 2.51. The largest absolute Gasteiger partial charge is 0.486 e. The Bertz CT molecular complexity index is 358. The SMILES string of the molecule is [NH3+]C[C@H](O)COC[C@@H]1COc2ccccc2O1. The van der Waals surface area contributed by atoms with E-state index in [9.17, 15) is 5.11 Å². The molecular weight excluding hydrogens is 222 g/mol. The van der Waals surface area contributed by atoms with Gasteiger partial charge in [-0.1, -0.05) is 12.1 Å². The van der Waals surface area contributed by atoms with Gasteiger partial charge >= 0.3 is 0 Å². The number of aliphatic hydroxyl groups is 1. The summed E-state index contributed by atoms with van der Waals surface area (Å²) < 4.78 is 16.6. The van der Waals surface area contributed by atoms with Gasteiger partial charge in [0.1, 0.15) is 19.3 Å². The molecule has 0 fully saturated rings. The molecule has 0 radical (unpaired) electrons. The van der Waals surface area contributed by atoms with Crippen molar-refractivity contribution >= 4 is 0 Å². The fraction of sp³-hybridized carbons (Fsp3) is 0.500. The van der Waals surface area contributed by atoms with Gasteiger partial charge in [-0.25, -0.2) is 0 Å². The Balaban J connectivity index is 1.78. The van der Waals surface area contributed by atoms with Gasteiger partial charge < -0.3 is 25.1 Å². The summed E-state index contributed by atoms with van der Waals surface area (Å²) in [5.74, 6) is 1.51. The Morgan fingerprint density at radius 1 is 1.41 bits per heavy atom. The van der Waals surface area contributed by atoms with Crippen molar-refractivity contribution in [3.8, 4) is 11.5 Å². The maximum atomic E-state index is 9.29. The summed E-state index contributed by atoms with van der Waals surface area (Å²) in [5, 5.41) is 9.29. The topological polar surface area (TPSA) is 75.6 Å². The zero-order chi connectivity index (χ0) is 12.1. The summed E-state index contributed by atoms with van der Waals surface area (Å²) in [6, 6.07) is 7.55. The number of ether oxygens (including phenoxy) is 3. The summed E-state index contributed by atoms with van der Waals surface area (Å²) in [4.78, 5) is 0. The molecule has 5 heteroatoms.